The molecule has 2 aromatic rings. The second-order valence-corrected chi connectivity index (χ2v) is 4.46. The number of aryl methyl sites for hydroxylation is 1. The lowest BCUT2D eigenvalue weighted by molar-refractivity contribution is 0.481. The van der Waals surface area contributed by atoms with E-state index in [0.29, 0.717) is 10.9 Å². The maximum atomic E-state index is 9.77. The van der Waals surface area contributed by atoms with Crippen LogP contribution in [0.4, 0.5) is 0 Å². The third-order valence-electron chi connectivity index (χ3n) is 2.73. The van der Waals surface area contributed by atoms with Gasteiger partial charge in [0.1, 0.15) is 5.75 Å². The summed E-state index contributed by atoms with van der Waals surface area (Å²) in [5.41, 5.74) is 2.04. The van der Waals surface area contributed by atoms with Gasteiger partial charge in [-0.3, -0.25) is 0 Å². The van der Waals surface area contributed by atoms with Crippen LogP contribution in [0.15, 0.2) is 18.2 Å². The summed E-state index contributed by atoms with van der Waals surface area (Å²) in [5.74, 6) is 0.592. The molecule has 0 saturated carbocycles. The number of rotatable bonds is 1. The van der Waals surface area contributed by atoms with Crippen LogP contribution in [0.25, 0.3) is 10.9 Å². The predicted octanol–water partition coefficient (Wildman–Crippen LogP) is 3.66. The molecule has 80 valence electrons. The monoisotopic (exact) mass is 223 g/mol. The third-order valence-corrected chi connectivity index (χ3v) is 3.12. The molecule has 3 heteroatoms. The van der Waals surface area contributed by atoms with E-state index < -0.39 is 0 Å². The van der Waals surface area contributed by atoms with Crippen LogP contribution in [0, 0.1) is 0 Å². The fourth-order valence-electron chi connectivity index (χ4n) is 2.08. The first-order chi connectivity index (χ1) is 7.04. The lowest BCUT2D eigenvalue weighted by Crippen LogP contribution is -1.98. The Balaban J connectivity index is 2.92. The summed E-state index contributed by atoms with van der Waals surface area (Å²) in [4.78, 5) is 0. The summed E-state index contributed by atoms with van der Waals surface area (Å²) in [6.45, 7) is 4.19. The SMILES string of the molecule is CC(C)c1c(Cl)c2c(O)cccc2n1C. The predicted molar refractivity (Wildman–Crippen MR) is 63.7 cm³/mol. The Labute approximate surface area is 94.1 Å². The molecule has 15 heavy (non-hydrogen) atoms. The summed E-state index contributed by atoms with van der Waals surface area (Å²) in [6.07, 6.45) is 0. The van der Waals surface area contributed by atoms with E-state index in [0.717, 1.165) is 16.6 Å². The van der Waals surface area contributed by atoms with E-state index >= 15 is 0 Å². The van der Waals surface area contributed by atoms with E-state index in [1.807, 2.05) is 23.7 Å². The van der Waals surface area contributed by atoms with Gasteiger partial charge in [0.05, 0.1) is 15.9 Å². The Morgan fingerprint density at radius 1 is 1.33 bits per heavy atom. The lowest BCUT2D eigenvalue weighted by atomic mass is 10.1. The molecule has 0 fully saturated rings. The molecule has 1 heterocycles. The topological polar surface area (TPSA) is 25.2 Å². The Hall–Kier alpha value is -1.15. The zero-order valence-corrected chi connectivity index (χ0v) is 9.84. The molecule has 0 radical (unpaired) electrons. The molecule has 0 saturated heterocycles. The number of nitrogens with zero attached hydrogens (tertiary/aromatic N) is 1. The fourth-order valence-corrected chi connectivity index (χ4v) is 2.62. The quantitative estimate of drug-likeness (QED) is 0.784. The van der Waals surface area contributed by atoms with Crippen molar-refractivity contribution in [1.82, 2.24) is 4.57 Å². The normalized spacial score (nSPS) is 11.5. The van der Waals surface area contributed by atoms with Crippen molar-refractivity contribution in [2.24, 2.45) is 7.05 Å². The van der Waals surface area contributed by atoms with Gasteiger partial charge in [0.25, 0.3) is 0 Å². The van der Waals surface area contributed by atoms with Gasteiger partial charge in [-0.1, -0.05) is 31.5 Å². The second kappa shape index (κ2) is 3.46. The van der Waals surface area contributed by atoms with Crippen molar-refractivity contribution >= 4 is 22.5 Å². The summed E-state index contributed by atoms with van der Waals surface area (Å²) >= 11 is 6.28. The van der Waals surface area contributed by atoms with Gasteiger partial charge in [0.15, 0.2) is 0 Å². The first-order valence-electron chi connectivity index (χ1n) is 4.99. The maximum absolute atomic E-state index is 9.77. The molecule has 0 atom stereocenters. The van der Waals surface area contributed by atoms with Gasteiger partial charge in [0, 0.05) is 12.7 Å². The number of benzene rings is 1. The van der Waals surface area contributed by atoms with Gasteiger partial charge in [-0.15, -0.1) is 0 Å². The van der Waals surface area contributed by atoms with Crippen LogP contribution in [0.1, 0.15) is 25.5 Å². The minimum Gasteiger partial charge on any atom is -0.507 e. The molecule has 0 aliphatic carbocycles. The Morgan fingerprint density at radius 3 is 2.53 bits per heavy atom. The summed E-state index contributed by atoms with van der Waals surface area (Å²) < 4.78 is 2.04. The number of fused-ring (bicyclic) bond motifs is 1. The van der Waals surface area contributed by atoms with E-state index in [1.54, 1.807) is 6.07 Å². The molecule has 0 spiro atoms. The van der Waals surface area contributed by atoms with E-state index in [2.05, 4.69) is 13.8 Å². The fraction of sp³-hybridized carbons (Fsp3) is 0.333. The van der Waals surface area contributed by atoms with Crippen molar-refractivity contribution in [3.05, 3.63) is 28.9 Å². The van der Waals surface area contributed by atoms with Gasteiger partial charge in [0.2, 0.25) is 0 Å². The minimum absolute atomic E-state index is 0.250. The van der Waals surface area contributed by atoms with Crippen LogP contribution in [0.2, 0.25) is 5.02 Å². The van der Waals surface area contributed by atoms with Crippen molar-refractivity contribution in [3.63, 3.8) is 0 Å². The first kappa shape index (κ1) is 10.4. The van der Waals surface area contributed by atoms with Gasteiger partial charge >= 0.3 is 0 Å². The summed E-state index contributed by atoms with van der Waals surface area (Å²) in [7, 11) is 1.98. The number of phenols is 1. The Kier molecular flexibility index (Phi) is 2.39. The maximum Gasteiger partial charge on any atom is 0.126 e. The highest BCUT2D eigenvalue weighted by Gasteiger charge is 2.17. The number of aromatic nitrogens is 1. The van der Waals surface area contributed by atoms with Crippen LogP contribution < -0.4 is 0 Å². The van der Waals surface area contributed by atoms with Gasteiger partial charge < -0.3 is 9.67 Å². The van der Waals surface area contributed by atoms with Crippen molar-refractivity contribution in [1.29, 1.82) is 0 Å². The Bertz CT molecular complexity index is 514. The highest BCUT2D eigenvalue weighted by molar-refractivity contribution is 6.37. The van der Waals surface area contributed by atoms with Gasteiger partial charge in [-0.2, -0.15) is 0 Å². The standard InChI is InChI=1S/C12H14ClNO/c1-7(2)12-11(13)10-8(14(12)3)5-4-6-9(10)15/h4-7,15H,1-3H3. The number of hydrogen-bond acceptors (Lipinski definition) is 1. The molecule has 0 amide bonds. The second-order valence-electron chi connectivity index (χ2n) is 4.08. The number of hydrogen-bond donors (Lipinski definition) is 1. The van der Waals surface area contributed by atoms with Crippen molar-refractivity contribution < 1.29 is 5.11 Å². The molecule has 0 aliphatic rings. The van der Waals surface area contributed by atoms with E-state index in [9.17, 15) is 5.11 Å². The van der Waals surface area contributed by atoms with Crippen LogP contribution in [0.3, 0.4) is 0 Å². The molecule has 2 rings (SSSR count). The van der Waals surface area contributed by atoms with Crippen molar-refractivity contribution in [2.45, 2.75) is 19.8 Å². The molecule has 0 unspecified atom stereocenters. The largest absolute Gasteiger partial charge is 0.507 e. The number of halogens is 1. The average Bonchev–Trinajstić information content (AvgIpc) is 2.40. The highest BCUT2D eigenvalue weighted by atomic mass is 35.5. The van der Waals surface area contributed by atoms with Crippen LogP contribution in [0.5, 0.6) is 5.75 Å². The molecular weight excluding hydrogens is 210 g/mol. The molecule has 2 nitrogen and oxygen atoms in total. The molecule has 1 aromatic carbocycles. The zero-order chi connectivity index (χ0) is 11.2. The highest BCUT2D eigenvalue weighted by Crippen LogP contribution is 2.38. The smallest absolute Gasteiger partial charge is 0.126 e. The van der Waals surface area contributed by atoms with Crippen LogP contribution >= 0.6 is 11.6 Å². The number of aromatic hydroxyl groups is 1. The van der Waals surface area contributed by atoms with E-state index in [1.165, 1.54) is 0 Å². The number of phenolic OH excluding ortho intramolecular Hbond substituents is 1. The molecular formula is C12H14ClNO. The van der Waals surface area contributed by atoms with Gasteiger partial charge in [-0.25, -0.2) is 0 Å². The van der Waals surface area contributed by atoms with Crippen LogP contribution in [-0.4, -0.2) is 9.67 Å². The average molecular weight is 224 g/mol. The lowest BCUT2D eigenvalue weighted by Gasteiger charge is -2.07. The minimum atomic E-state index is 0.250. The summed E-state index contributed by atoms with van der Waals surface area (Å²) in [5, 5.41) is 11.2. The molecule has 0 aliphatic heterocycles. The van der Waals surface area contributed by atoms with E-state index in [4.69, 9.17) is 11.6 Å². The van der Waals surface area contributed by atoms with Gasteiger partial charge in [-0.05, 0) is 18.1 Å². The third kappa shape index (κ3) is 1.40. The van der Waals surface area contributed by atoms with Crippen molar-refractivity contribution in [3.8, 4) is 5.75 Å². The van der Waals surface area contributed by atoms with E-state index in [-0.39, 0.29) is 5.75 Å². The van der Waals surface area contributed by atoms with Crippen molar-refractivity contribution in [2.75, 3.05) is 0 Å². The molecule has 1 N–H and O–H groups in total. The first-order valence-corrected chi connectivity index (χ1v) is 5.37. The molecule has 0 bridgehead atoms. The Morgan fingerprint density at radius 2 is 2.00 bits per heavy atom. The van der Waals surface area contributed by atoms with Crippen LogP contribution in [-0.2, 0) is 7.05 Å². The summed E-state index contributed by atoms with van der Waals surface area (Å²) in [6, 6.07) is 5.46. The zero-order valence-electron chi connectivity index (χ0n) is 9.08. The molecule has 1 aromatic heterocycles.